The zero-order valence-corrected chi connectivity index (χ0v) is 12.8. The van der Waals surface area contributed by atoms with Crippen LogP contribution in [0.3, 0.4) is 0 Å². The highest BCUT2D eigenvalue weighted by Crippen LogP contribution is 2.36. The normalized spacial score (nSPS) is 10.2. The van der Waals surface area contributed by atoms with Crippen LogP contribution in [0, 0.1) is 0 Å². The van der Waals surface area contributed by atoms with Crippen molar-refractivity contribution in [3.05, 3.63) is 53.1 Å². The van der Waals surface area contributed by atoms with Gasteiger partial charge in [-0.15, -0.1) is 0 Å². The second-order valence-corrected chi connectivity index (χ2v) is 5.11. The highest BCUT2D eigenvalue weighted by Gasteiger charge is 2.13. The zero-order chi connectivity index (χ0) is 14.7. The van der Waals surface area contributed by atoms with E-state index in [1.54, 1.807) is 13.2 Å². The zero-order valence-electron chi connectivity index (χ0n) is 11.3. The molecule has 2 N–H and O–H groups in total. The monoisotopic (exact) mass is 306 g/mol. The van der Waals surface area contributed by atoms with Gasteiger partial charge in [-0.3, -0.25) is 0 Å². The van der Waals surface area contributed by atoms with Gasteiger partial charge in [0.1, 0.15) is 10.7 Å². The maximum atomic E-state index is 6.32. The van der Waals surface area contributed by atoms with Gasteiger partial charge in [-0.25, -0.2) is 0 Å². The molecule has 0 aliphatic carbocycles. The maximum Gasteiger partial charge on any atom is 0.142 e. The molecular weight excluding hydrogens is 292 g/mol. The summed E-state index contributed by atoms with van der Waals surface area (Å²) in [5, 5.41) is 0.587. The summed E-state index contributed by atoms with van der Waals surface area (Å²) in [5.41, 5.74) is 8.14. The topological polar surface area (TPSA) is 38.5 Å². The lowest BCUT2D eigenvalue weighted by Gasteiger charge is -2.23. The minimum Gasteiger partial charge on any atom is -0.495 e. The number of para-hydroxylation sites is 2. The number of nitrogens with two attached hydrogens (primary N) is 1. The predicted octanol–water partition coefficient (Wildman–Crippen LogP) is 3.75. The van der Waals surface area contributed by atoms with Gasteiger partial charge in [0.25, 0.3) is 0 Å². The molecule has 0 bridgehead atoms. The lowest BCUT2D eigenvalue weighted by molar-refractivity contribution is 0.415. The molecule has 0 saturated carbocycles. The number of nitrogens with zero attached hydrogens (tertiary/aromatic N) is 1. The Morgan fingerprint density at radius 2 is 1.90 bits per heavy atom. The van der Waals surface area contributed by atoms with Crippen molar-refractivity contribution in [2.75, 3.05) is 19.1 Å². The largest absolute Gasteiger partial charge is 0.495 e. The number of thiocarbonyl (C=S) groups is 1. The number of ether oxygens (including phenoxy) is 1. The van der Waals surface area contributed by atoms with E-state index < -0.39 is 0 Å². The van der Waals surface area contributed by atoms with Crippen LogP contribution in [-0.4, -0.2) is 19.1 Å². The Labute approximate surface area is 128 Å². The van der Waals surface area contributed by atoms with E-state index in [4.69, 9.17) is 34.3 Å². The van der Waals surface area contributed by atoms with Gasteiger partial charge in [0.2, 0.25) is 0 Å². The molecule has 0 aliphatic heterocycles. The van der Waals surface area contributed by atoms with Crippen molar-refractivity contribution in [3.63, 3.8) is 0 Å². The molecule has 3 nitrogen and oxygen atoms in total. The highest BCUT2D eigenvalue weighted by atomic mass is 35.5. The number of rotatable bonds is 4. The van der Waals surface area contributed by atoms with Crippen LogP contribution in [0.1, 0.15) is 5.56 Å². The molecule has 0 saturated heterocycles. The van der Waals surface area contributed by atoms with Crippen molar-refractivity contribution >= 4 is 40.2 Å². The SMILES string of the molecule is COc1ccccc1N(C)c1ccc(C(N)=S)cc1Cl. The van der Waals surface area contributed by atoms with Crippen LogP contribution in [0.15, 0.2) is 42.5 Å². The Morgan fingerprint density at radius 1 is 1.20 bits per heavy atom. The van der Waals surface area contributed by atoms with E-state index in [0.29, 0.717) is 10.0 Å². The maximum absolute atomic E-state index is 6.32. The molecule has 0 radical (unpaired) electrons. The molecule has 0 atom stereocenters. The summed E-state index contributed by atoms with van der Waals surface area (Å²) in [4.78, 5) is 2.29. The van der Waals surface area contributed by atoms with Gasteiger partial charge in [0.15, 0.2) is 0 Å². The third kappa shape index (κ3) is 2.86. The molecule has 0 fully saturated rings. The summed E-state index contributed by atoms with van der Waals surface area (Å²) < 4.78 is 5.36. The van der Waals surface area contributed by atoms with Crippen molar-refractivity contribution in [1.82, 2.24) is 0 Å². The van der Waals surface area contributed by atoms with Gasteiger partial charge in [0.05, 0.1) is 23.5 Å². The summed E-state index contributed by atoms with van der Waals surface area (Å²) in [6.07, 6.45) is 0. The van der Waals surface area contributed by atoms with Gasteiger partial charge in [-0.2, -0.15) is 0 Å². The average molecular weight is 307 g/mol. The lowest BCUT2D eigenvalue weighted by atomic mass is 10.1. The Kier molecular flexibility index (Phi) is 4.47. The number of halogens is 1. The molecule has 0 aliphatic rings. The molecule has 0 aromatic heterocycles. The Hall–Kier alpha value is -1.78. The van der Waals surface area contributed by atoms with E-state index in [2.05, 4.69) is 0 Å². The third-order valence-electron chi connectivity index (χ3n) is 3.04. The van der Waals surface area contributed by atoms with E-state index >= 15 is 0 Å². The number of hydrogen-bond acceptors (Lipinski definition) is 3. The number of anilines is 2. The quantitative estimate of drug-likeness (QED) is 0.873. The molecule has 2 rings (SSSR count). The fraction of sp³-hybridized carbons (Fsp3) is 0.133. The van der Waals surface area contributed by atoms with Crippen LogP contribution < -0.4 is 15.4 Å². The Morgan fingerprint density at radius 3 is 2.50 bits per heavy atom. The first kappa shape index (κ1) is 14.6. The number of benzene rings is 2. The molecule has 0 heterocycles. The van der Waals surface area contributed by atoms with E-state index in [1.165, 1.54) is 0 Å². The van der Waals surface area contributed by atoms with E-state index in [0.717, 1.165) is 22.7 Å². The second-order valence-electron chi connectivity index (χ2n) is 4.26. The summed E-state index contributed by atoms with van der Waals surface area (Å²) >= 11 is 11.3. The molecule has 5 heteroatoms. The van der Waals surface area contributed by atoms with E-state index in [1.807, 2.05) is 48.3 Å². The lowest BCUT2D eigenvalue weighted by Crippen LogP contribution is -2.13. The van der Waals surface area contributed by atoms with Crippen LogP contribution in [0.4, 0.5) is 11.4 Å². The van der Waals surface area contributed by atoms with Crippen LogP contribution in [0.2, 0.25) is 5.02 Å². The van der Waals surface area contributed by atoms with Crippen molar-refractivity contribution in [2.24, 2.45) is 5.73 Å². The molecule has 0 amide bonds. The molecular formula is C15H15ClN2OS. The van der Waals surface area contributed by atoms with Crippen LogP contribution in [-0.2, 0) is 0 Å². The summed E-state index contributed by atoms with van der Waals surface area (Å²) in [5.74, 6) is 0.782. The molecule has 2 aromatic carbocycles. The fourth-order valence-corrected chi connectivity index (χ4v) is 2.40. The smallest absolute Gasteiger partial charge is 0.142 e. The van der Waals surface area contributed by atoms with Gasteiger partial charge < -0.3 is 15.4 Å². The van der Waals surface area contributed by atoms with Crippen LogP contribution in [0.25, 0.3) is 0 Å². The van der Waals surface area contributed by atoms with Crippen molar-refractivity contribution in [3.8, 4) is 5.75 Å². The third-order valence-corrected chi connectivity index (χ3v) is 3.58. The van der Waals surface area contributed by atoms with Gasteiger partial charge >= 0.3 is 0 Å². The first-order chi connectivity index (χ1) is 9.54. The minimum absolute atomic E-state index is 0.332. The standard InChI is InChI=1S/C15H15ClN2OS/c1-18(13-5-3-4-6-14(13)19-2)12-8-7-10(15(17)20)9-11(12)16/h3-9H,1-2H3,(H2,17,20). The molecule has 2 aromatic rings. The molecule has 0 spiro atoms. The fourth-order valence-electron chi connectivity index (χ4n) is 1.97. The summed E-state index contributed by atoms with van der Waals surface area (Å²) in [6, 6.07) is 13.3. The first-order valence-corrected chi connectivity index (χ1v) is 6.79. The molecule has 104 valence electrons. The molecule has 20 heavy (non-hydrogen) atoms. The van der Waals surface area contributed by atoms with Gasteiger partial charge in [-0.05, 0) is 30.3 Å². The van der Waals surface area contributed by atoms with E-state index in [-0.39, 0.29) is 0 Å². The highest BCUT2D eigenvalue weighted by molar-refractivity contribution is 7.80. The average Bonchev–Trinajstić information content (AvgIpc) is 2.46. The minimum atomic E-state index is 0.332. The summed E-state index contributed by atoms with van der Waals surface area (Å²) in [7, 11) is 3.57. The molecule has 0 unspecified atom stereocenters. The first-order valence-electron chi connectivity index (χ1n) is 6.00. The second kappa shape index (κ2) is 6.11. The summed E-state index contributed by atoms with van der Waals surface area (Å²) in [6.45, 7) is 0. The van der Waals surface area contributed by atoms with Gasteiger partial charge in [-0.1, -0.05) is 36.0 Å². The van der Waals surface area contributed by atoms with Crippen molar-refractivity contribution < 1.29 is 4.74 Å². The van der Waals surface area contributed by atoms with Gasteiger partial charge in [0, 0.05) is 12.6 Å². The van der Waals surface area contributed by atoms with E-state index in [9.17, 15) is 0 Å². The number of hydrogen-bond donors (Lipinski definition) is 1. The van der Waals surface area contributed by atoms with Crippen LogP contribution in [0.5, 0.6) is 5.75 Å². The van der Waals surface area contributed by atoms with Crippen molar-refractivity contribution in [1.29, 1.82) is 0 Å². The van der Waals surface area contributed by atoms with Crippen LogP contribution >= 0.6 is 23.8 Å². The Bertz CT molecular complexity index is 646. The Balaban J connectivity index is 2.43. The predicted molar refractivity (Wildman–Crippen MR) is 88.4 cm³/mol. The van der Waals surface area contributed by atoms with Crippen molar-refractivity contribution in [2.45, 2.75) is 0 Å². The number of methoxy groups -OCH3 is 1.